The number of imide groups is 1. The fraction of sp³-hybridized carbons (Fsp3) is 0.348. The van der Waals surface area contributed by atoms with Crippen molar-refractivity contribution in [2.45, 2.75) is 46.2 Å². The van der Waals surface area contributed by atoms with Crippen molar-refractivity contribution in [2.75, 3.05) is 16.8 Å². The molecule has 3 amide bonds. The number of anilines is 2. The topological polar surface area (TPSA) is 94.4 Å². The molecule has 2 aromatic carbocycles. The van der Waals surface area contributed by atoms with Gasteiger partial charge in [-0.1, -0.05) is 42.0 Å². The summed E-state index contributed by atoms with van der Waals surface area (Å²) in [4.78, 5) is 39.7. The van der Waals surface area contributed by atoms with Crippen LogP contribution in [0.25, 0.3) is 0 Å². The second kappa shape index (κ2) is 7.94. The molecule has 2 aliphatic rings. The molecule has 2 aliphatic heterocycles. The molecule has 2 heterocycles. The second-order valence-electron chi connectivity index (χ2n) is 8.05. The van der Waals surface area contributed by atoms with Gasteiger partial charge in [0.25, 0.3) is 11.8 Å². The van der Waals surface area contributed by atoms with Gasteiger partial charge >= 0.3 is 0 Å². The summed E-state index contributed by atoms with van der Waals surface area (Å²) in [5.74, 6) is -1.16. The molecule has 0 aromatic heterocycles. The van der Waals surface area contributed by atoms with E-state index in [1.807, 2.05) is 52.0 Å². The zero-order valence-electron chi connectivity index (χ0n) is 18.0. The Morgan fingerprint density at radius 3 is 2.29 bits per heavy atom. The van der Waals surface area contributed by atoms with E-state index in [9.17, 15) is 14.4 Å². The molecule has 2 aromatic rings. The number of nitrogens with zero attached hydrogens (tertiary/aromatic N) is 4. The standard InChI is InChI=1S/C23H25N5O3/c1-5-16-6-8-17(9-7-16)28-22(30)20-21(23(28)31)27(26-25-20)12-18(29)24-19-14(3)10-13(2)11-15(19)4/h6-11,20-21H,5,12H2,1-4H3,(H,24,29). The van der Waals surface area contributed by atoms with Crippen LogP contribution in [-0.4, -0.2) is 41.4 Å². The summed E-state index contributed by atoms with van der Waals surface area (Å²) in [6.07, 6.45) is 0.866. The smallest absolute Gasteiger partial charge is 0.263 e. The lowest BCUT2D eigenvalue weighted by molar-refractivity contribution is -0.123. The van der Waals surface area contributed by atoms with Crippen LogP contribution < -0.4 is 10.2 Å². The fourth-order valence-electron chi connectivity index (χ4n) is 4.19. The average Bonchev–Trinajstić information content (AvgIpc) is 3.24. The van der Waals surface area contributed by atoms with E-state index in [4.69, 9.17) is 0 Å². The van der Waals surface area contributed by atoms with Gasteiger partial charge in [0.15, 0.2) is 12.1 Å². The summed E-state index contributed by atoms with van der Waals surface area (Å²) < 4.78 is 0. The van der Waals surface area contributed by atoms with E-state index >= 15 is 0 Å². The van der Waals surface area contributed by atoms with Crippen molar-refractivity contribution >= 4 is 29.1 Å². The maximum absolute atomic E-state index is 13.1. The molecule has 0 aliphatic carbocycles. The Hall–Kier alpha value is -3.55. The van der Waals surface area contributed by atoms with Gasteiger partial charge in [-0.3, -0.25) is 19.4 Å². The number of nitrogens with one attached hydrogen (secondary N) is 1. The maximum atomic E-state index is 13.1. The molecule has 0 spiro atoms. The van der Waals surface area contributed by atoms with Gasteiger partial charge in [-0.05, 0) is 56.0 Å². The Morgan fingerprint density at radius 2 is 1.68 bits per heavy atom. The van der Waals surface area contributed by atoms with E-state index in [-0.39, 0.29) is 12.5 Å². The van der Waals surface area contributed by atoms with E-state index in [2.05, 4.69) is 15.7 Å². The Kier molecular flexibility index (Phi) is 5.31. The molecule has 31 heavy (non-hydrogen) atoms. The van der Waals surface area contributed by atoms with Crippen molar-refractivity contribution in [3.8, 4) is 0 Å². The van der Waals surface area contributed by atoms with E-state index in [0.29, 0.717) is 5.69 Å². The molecule has 8 nitrogen and oxygen atoms in total. The van der Waals surface area contributed by atoms with Crippen molar-refractivity contribution in [3.63, 3.8) is 0 Å². The van der Waals surface area contributed by atoms with Crippen LogP contribution in [0, 0.1) is 20.8 Å². The van der Waals surface area contributed by atoms with Gasteiger partial charge < -0.3 is 5.32 Å². The van der Waals surface area contributed by atoms with Gasteiger partial charge in [-0.25, -0.2) is 4.90 Å². The molecular formula is C23H25N5O3. The van der Waals surface area contributed by atoms with Gasteiger partial charge in [-0.2, -0.15) is 5.11 Å². The van der Waals surface area contributed by atoms with Gasteiger partial charge in [-0.15, -0.1) is 0 Å². The van der Waals surface area contributed by atoms with Gasteiger partial charge in [0.1, 0.15) is 6.54 Å². The molecule has 160 valence electrons. The summed E-state index contributed by atoms with van der Waals surface area (Å²) in [5.41, 5.74) is 5.40. The molecule has 1 fully saturated rings. The van der Waals surface area contributed by atoms with Crippen LogP contribution in [0.1, 0.15) is 29.2 Å². The number of benzene rings is 2. The Bertz CT molecular complexity index is 1070. The van der Waals surface area contributed by atoms with Crippen LogP contribution in [0.2, 0.25) is 0 Å². The molecular weight excluding hydrogens is 394 g/mol. The van der Waals surface area contributed by atoms with Crippen molar-refractivity contribution < 1.29 is 14.4 Å². The number of carbonyl (C=O) groups excluding carboxylic acids is 3. The zero-order chi connectivity index (χ0) is 22.3. The minimum absolute atomic E-state index is 0.168. The first-order valence-electron chi connectivity index (χ1n) is 10.3. The third-order valence-corrected chi connectivity index (χ3v) is 5.71. The predicted molar refractivity (Wildman–Crippen MR) is 117 cm³/mol. The number of hydrogen-bond acceptors (Lipinski definition) is 6. The SMILES string of the molecule is CCc1ccc(N2C(=O)C3N=NN(CC(=O)Nc4c(C)cc(C)cc4C)C3C2=O)cc1. The number of carbonyl (C=O) groups is 3. The first-order valence-corrected chi connectivity index (χ1v) is 10.3. The molecule has 0 radical (unpaired) electrons. The molecule has 2 atom stereocenters. The number of fused-ring (bicyclic) bond motifs is 1. The summed E-state index contributed by atoms with van der Waals surface area (Å²) >= 11 is 0. The molecule has 1 N–H and O–H groups in total. The lowest BCUT2D eigenvalue weighted by Crippen LogP contribution is -2.43. The quantitative estimate of drug-likeness (QED) is 0.754. The first kappa shape index (κ1) is 20.7. The minimum Gasteiger partial charge on any atom is -0.324 e. The lowest BCUT2D eigenvalue weighted by atomic mass is 10.1. The van der Waals surface area contributed by atoms with Crippen molar-refractivity contribution in [1.29, 1.82) is 0 Å². The molecule has 0 saturated carbocycles. The normalized spacial score (nSPS) is 19.9. The largest absolute Gasteiger partial charge is 0.324 e. The van der Waals surface area contributed by atoms with E-state index < -0.39 is 23.9 Å². The van der Waals surface area contributed by atoms with Crippen LogP contribution in [-0.2, 0) is 20.8 Å². The number of amides is 3. The van der Waals surface area contributed by atoms with Crippen LogP contribution in [0.15, 0.2) is 46.7 Å². The number of hydrogen-bond donors (Lipinski definition) is 1. The van der Waals surface area contributed by atoms with Crippen LogP contribution in [0.5, 0.6) is 0 Å². The zero-order valence-corrected chi connectivity index (χ0v) is 18.0. The third kappa shape index (κ3) is 3.69. The maximum Gasteiger partial charge on any atom is 0.263 e. The molecule has 2 unspecified atom stereocenters. The molecule has 8 heteroatoms. The van der Waals surface area contributed by atoms with Gasteiger partial charge in [0, 0.05) is 5.69 Å². The number of rotatable bonds is 5. The minimum atomic E-state index is -0.922. The Morgan fingerprint density at radius 1 is 1.03 bits per heavy atom. The summed E-state index contributed by atoms with van der Waals surface area (Å²) in [7, 11) is 0. The van der Waals surface area contributed by atoms with Crippen molar-refractivity contribution in [1.82, 2.24) is 5.01 Å². The third-order valence-electron chi connectivity index (χ3n) is 5.71. The fourth-order valence-corrected chi connectivity index (χ4v) is 4.19. The highest BCUT2D eigenvalue weighted by atomic mass is 16.2. The van der Waals surface area contributed by atoms with Crippen LogP contribution >= 0.6 is 0 Å². The summed E-state index contributed by atoms with van der Waals surface area (Å²) in [6.45, 7) is 7.73. The van der Waals surface area contributed by atoms with E-state index in [1.54, 1.807) is 12.1 Å². The monoisotopic (exact) mass is 419 g/mol. The second-order valence-corrected chi connectivity index (χ2v) is 8.05. The highest BCUT2D eigenvalue weighted by Crippen LogP contribution is 2.32. The molecule has 0 bridgehead atoms. The molecule has 4 rings (SSSR count). The van der Waals surface area contributed by atoms with E-state index in [0.717, 1.165) is 39.3 Å². The summed E-state index contributed by atoms with van der Waals surface area (Å²) in [6, 6.07) is 9.47. The van der Waals surface area contributed by atoms with E-state index in [1.165, 1.54) is 5.01 Å². The van der Waals surface area contributed by atoms with Gasteiger partial charge in [0.05, 0.1) is 5.69 Å². The predicted octanol–water partition coefficient (Wildman–Crippen LogP) is 3.11. The number of aryl methyl sites for hydroxylation is 4. The van der Waals surface area contributed by atoms with Crippen molar-refractivity contribution in [3.05, 3.63) is 58.7 Å². The summed E-state index contributed by atoms with van der Waals surface area (Å²) in [5, 5.41) is 12.1. The lowest BCUT2D eigenvalue weighted by Gasteiger charge is -2.21. The molecule has 1 saturated heterocycles. The average molecular weight is 419 g/mol. The van der Waals surface area contributed by atoms with Crippen molar-refractivity contribution in [2.24, 2.45) is 10.3 Å². The van der Waals surface area contributed by atoms with Gasteiger partial charge in [0.2, 0.25) is 5.91 Å². The first-order chi connectivity index (χ1) is 14.8. The highest BCUT2D eigenvalue weighted by molar-refractivity contribution is 6.25. The Balaban J connectivity index is 1.49. The van der Waals surface area contributed by atoms with Crippen LogP contribution in [0.3, 0.4) is 0 Å². The van der Waals surface area contributed by atoms with Crippen LogP contribution in [0.4, 0.5) is 11.4 Å². The highest BCUT2D eigenvalue weighted by Gasteiger charge is 2.55. The Labute approximate surface area is 180 Å².